The zero-order valence-electron chi connectivity index (χ0n) is 15.3. The van der Waals surface area contributed by atoms with Crippen LogP contribution in [0.2, 0.25) is 0 Å². The molecule has 0 saturated heterocycles. The topological polar surface area (TPSA) is 98.5 Å². The summed E-state index contributed by atoms with van der Waals surface area (Å²) >= 11 is 0. The number of nitrogens with zero attached hydrogens (tertiary/aromatic N) is 1. The van der Waals surface area contributed by atoms with E-state index in [0.29, 0.717) is 0 Å². The van der Waals surface area contributed by atoms with Crippen molar-refractivity contribution in [2.75, 3.05) is 6.61 Å². The molecule has 142 valence electrons. The Hall–Kier alpha value is -3.22. The first-order valence-corrected chi connectivity index (χ1v) is 8.63. The summed E-state index contributed by atoms with van der Waals surface area (Å²) in [6.07, 6.45) is 1.59. The van der Waals surface area contributed by atoms with Gasteiger partial charge in [-0.3, -0.25) is 14.9 Å². The van der Waals surface area contributed by atoms with Crippen LogP contribution in [0.4, 0.5) is 5.69 Å². The predicted octanol–water partition coefficient (Wildman–Crippen LogP) is 3.20. The van der Waals surface area contributed by atoms with Gasteiger partial charge in [-0.1, -0.05) is 36.4 Å². The van der Waals surface area contributed by atoms with Gasteiger partial charge in [-0.15, -0.1) is 0 Å². The summed E-state index contributed by atoms with van der Waals surface area (Å²) in [5, 5.41) is 13.7. The van der Waals surface area contributed by atoms with Gasteiger partial charge < -0.3 is 10.1 Å². The number of ether oxygens (including phenoxy) is 1. The molecule has 0 aliphatic rings. The number of nitro benzene ring substituents is 1. The van der Waals surface area contributed by atoms with Crippen LogP contribution in [0.25, 0.3) is 0 Å². The van der Waals surface area contributed by atoms with Crippen molar-refractivity contribution in [2.45, 2.75) is 32.7 Å². The molecule has 7 heteroatoms. The molecule has 0 aromatic heterocycles. The van der Waals surface area contributed by atoms with E-state index in [1.807, 2.05) is 37.3 Å². The Kier molecular flexibility index (Phi) is 7.05. The lowest BCUT2D eigenvalue weighted by Gasteiger charge is -2.14. The number of benzene rings is 2. The molecule has 0 fully saturated rings. The monoisotopic (exact) mass is 370 g/mol. The average molecular weight is 370 g/mol. The van der Waals surface area contributed by atoms with Crippen molar-refractivity contribution in [1.82, 2.24) is 5.32 Å². The van der Waals surface area contributed by atoms with Crippen molar-refractivity contribution in [3.63, 3.8) is 0 Å². The summed E-state index contributed by atoms with van der Waals surface area (Å²) in [5.41, 5.74) is 1.31. The van der Waals surface area contributed by atoms with Crippen LogP contribution in [-0.4, -0.2) is 29.4 Å². The molecule has 0 saturated carbocycles. The lowest BCUT2D eigenvalue weighted by atomic mass is 10.1. The Morgan fingerprint density at radius 3 is 2.52 bits per heavy atom. The smallest absolute Gasteiger partial charge is 0.339 e. The molecule has 0 unspecified atom stereocenters. The third kappa shape index (κ3) is 5.91. The zero-order valence-corrected chi connectivity index (χ0v) is 15.3. The van der Waals surface area contributed by atoms with Gasteiger partial charge in [-0.2, -0.15) is 0 Å². The molecule has 27 heavy (non-hydrogen) atoms. The van der Waals surface area contributed by atoms with Crippen LogP contribution in [0.5, 0.6) is 0 Å². The lowest BCUT2D eigenvalue weighted by molar-refractivity contribution is -0.385. The third-order valence-electron chi connectivity index (χ3n) is 4.17. The van der Waals surface area contributed by atoms with Gasteiger partial charge in [0.15, 0.2) is 6.61 Å². The second-order valence-corrected chi connectivity index (χ2v) is 6.28. The van der Waals surface area contributed by atoms with Crippen LogP contribution >= 0.6 is 0 Å². The third-order valence-corrected chi connectivity index (χ3v) is 4.17. The number of hydrogen-bond donors (Lipinski definition) is 1. The molecule has 0 radical (unpaired) electrons. The van der Waals surface area contributed by atoms with Crippen molar-refractivity contribution in [3.8, 4) is 0 Å². The average Bonchev–Trinajstić information content (AvgIpc) is 2.65. The van der Waals surface area contributed by atoms with Crippen molar-refractivity contribution in [3.05, 3.63) is 75.3 Å². The highest BCUT2D eigenvalue weighted by Gasteiger charge is 2.20. The maximum atomic E-state index is 12.1. The number of rotatable bonds is 8. The highest BCUT2D eigenvalue weighted by molar-refractivity contribution is 5.93. The van der Waals surface area contributed by atoms with E-state index < -0.39 is 23.4 Å². The Labute approximate surface area is 157 Å². The SMILES string of the molecule is Cc1c(C(=O)OCC(=O)N[C@@H](C)CCc2ccccc2)cccc1[N+](=O)[O-]. The van der Waals surface area contributed by atoms with Crippen LogP contribution in [0.1, 0.15) is 34.8 Å². The Balaban J connectivity index is 1.82. The largest absolute Gasteiger partial charge is 0.452 e. The number of nitrogens with one attached hydrogen (secondary N) is 1. The second-order valence-electron chi connectivity index (χ2n) is 6.28. The van der Waals surface area contributed by atoms with Gasteiger partial charge in [0.25, 0.3) is 11.6 Å². The lowest BCUT2D eigenvalue weighted by Crippen LogP contribution is -2.36. The van der Waals surface area contributed by atoms with Gasteiger partial charge in [0, 0.05) is 17.7 Å². The van der Waals surface area contributed by atoms with Crippen molar-refractivity contribution in [1.29, 1.82) is 0 Å². The first kappa shape index (κ1) is 20.1. The molecule has 2 aromatic carbocycles. The van der Waals surface area contributed by atoms with Gasteiger partial charge in [-0.05, 0) is 38.3 Å². The maximum absolute atomic E-state index is 12.1. The minimum absolute atomic E-state index is 0.0732. The highest BCUT2D eigenvalue weighted by atomic mass is 16.6. The summed E-state index contributed by atoms with van der Waals surface area (Å²) < 4.78 is 5.00. The van der Waals surface area contributed by atoms with Crippen LogP contribution in [-0.2, 0) is 16.0 Å². The summed E-state index contributed by atoms with van der Waals surface area (Å²) in [4.78, 5) is 34.5. The molecule has 1 atom stereocenters. The normalized spacial score (nSPS) is 11.5. The van der Waals surface area contributed by atoms with Gasteiger partial charge in [-0.25, -0.2) is 4.79 Å². The predicted molar refractivity (Wildman–Crippen MR) is 100 cm³/mol. The van der Waals surface area contributed by atoms with E-state index in [-0.39, 0.29) is 22.9 Å². The fourth-order valence-electron chi connectivity index (χ4n) is 2.67. The molecule has 0 spiro atoms. The number of amides is 1. The van der Waals surface area contributed by atoms with E-state index in [1.54, 1.807) is 0 Å². The van der Waals surface area contributed by atoms with Crippen LogP contribution in [0, 0.1) is 17.0 Å². The van der Waals surface area contributed by atoms with E-state index in [4.69, 9.17) is 4.74 Å². The Morgan fingerprint density at radius 2 is 1.85 bits per heavy atom. The van der Waals surface area contributed by atoms with E-state index in [2.05, 4.69) is 5.32 Å². The number of nitro groups is 1. The maximum Gasteiger partial charge on any atom is 0.339 e. The number of carbonyl (C=O) groups excluding carboxylic acids is 2. The quantitative estimate of drug-likeness (QED) is 0.437. The van der Waals surface area contributed by atoms with Gasteiger partial charge in [0.1, 0.15) is 0 Å². The minimum Gasteiger partial charge on any atom is -0.452 e. The fourth-order valence-corrected chi connectivity index (χ4v) is 2.67. The fraction of sp³-hybridized carbons (Fsp3) is 0.300. The zero-order chi connectivity index (χ0) is 19.8. The molecule has 2 rings (SSSR count). The minimum atomic E-state index is -0.761. The number of hydrogen-bond acceptors (Lipinski definition) is 5. The molecule has 7 nitrogen and oxygen atoms in total. The van der Waals surface area contributed by atoms with Crippen molar-refractivity contribution < 1.29 is 19.2 Å². The molecule has 0 aliphatic heterocycles. The van der Waals surface area contributed by atoms with Gasteiger partial charge in [0.2, 0.25) is 0 Å². The van der Waals surface area contributed by atoms with Crippen LogP contribution in [0.15, 0.2) is 48.5 Å². The molecular weight excluding hydrogens is 348 g/mol. The van der Waals surface area contributed by atoms with Crippen molar-refractivity contribution in [2.24, 2.45) is 0 Å². The first-order chi connectivity index (χ1) is 12.9. The van der Waals surface area contributed by atoms with E-state index >= 15 is 0 Å². The molecular formula is C20H22N2O5. The summed E-state index contributed by atoms with van der Waals surface area (Å²) in [6, 6.07) is 14.0. The molecule has 0 bridgehead atoms. The number of aryl methyl sites for hydroxylation is 1. The molecule has 1 amide bonds. The van der Waals surface area contributed by atoms with Crippen molar-refractivity contribution >= 4 is 17.6 Å². The summed E-state index contributed by atoms with van der Waals surface area (Å²) in [7, 11) is 0. The number of carbonyl (C=O) groups is 2. The Morgan fingerprint density at radius 1 is 1.15 bits per heavy atom. The Bertz CT molecular complexity index is 820. The van der Waals surface area contributed by atoms with E-state index in [1.165, 1.54) is 30.7 Å². The first-order valence-electron chi connectivity index (χ1n) is 8.63. The van der Waals surface area contributed by atoms with Gasteiger partial charge >= 0.3 is 5.97 Å². The molecule has 2 aromatic rings. The standard InChI is InChI=1S/C20H22N2O5/c1-14(11-12-16-7-4-3-5-8-16)21-19(23)13-27-20(24)17-9-6-10-18(15(17)2)22(25)26/h3-10,14H,11-13H2,1-2H3,(H,21,23)/t14-/m0/s1. The second kappa shape index (κ2) is 9.47. The number of esters is 1. The highest BCUT2D eigenvalue weighted by Crippen LogP contribution is 2.21. The summed E-state index contributed by atoms with van der Waals surface area (Å²) in [6.45, 7) is 2.92. The van der Waals surface area contributed by atoms with E-state index in [0.717, 1.165) is 12.8 Å². The molecule has 0 aliphatic carbocycles. The van der Waals surface area contributed by atoms with Crippen LogP contribution < -0.4 is 5.32 Å². The summed E-state index contributed by atoms with van der Waals surface area (Å²) in [5.74, 6) is -1.17. The molecule has 1 N–H and O–H groups in total. The van der Waals surface area contributed by atoms with E-state index in [9.17, 15) is 19.7 Å². The van der Waals surface area contributed by atoms with Crippen LogP contribution in [0.3, 0.4) is 0 Å². The van der Waals surface area contributed by atoms with Gasteiger partial charge in [0.05, 0.1) is 10.5 Å². The molecule has 0 heterocycles.